The highest BCUT2D eigenvalue weighted by molar-refractivity contribution is 5.70. The van der Waals surface area contributed by atoms with Gasteiger partial charge in [-0.2, -0.15) is 0 Å². The lowest BCUT2D eigenvalue weighted by Gasteiger charge is -2.28. The molecule has 20 heavy (non-hydrogen) atoms. The number of carboxylic acid groups (broad SMARTS) is 1. The Bertz CT molecular complexity index is 535. The highest BCUT2D eigenvalue weighted by Crippen LogP contribution is 2.28. The Kier molecular flexibility index (Phi) is 4.16. The van der Waals surface area contributed by atoms with E-state index in [-0.39, 0.29) is 17.4 Å². The van der Waals surface area contributed by atoms with Gasteiger partial charge in [-0.1, -0.05) is 6.42 Å². The summed E-state index contributed by atoms with van der Waals surface area (Å²) in [4.78, 5) is 20.8. The Balaban J connectivity index is 2.06. The van der Waals surface area contributed by atoms with Gasteiger partial charge < -0.3 is 10.4 Å². The number of anilines is 1. The molecular formula is C13H15FN2O4. The minimum atomic E-state index is -0.833. The van der Waals surface area contributed by atoms with Crippen LogP contribution in [0.3, 0.4) is 0 Å². The maximum Gasteiger partial charge on any atom is 0.306 e. The number of benzene rings is 1. The first-order valence-corrected chi connectivity index (χ1v) is 6.40. The van der Waals surface area contributed by atoms with E-state index in [2.05, 4.69) is 5.32 Å². The fraction of sp³-hybridized carbons (Fsp3) is 0.462. The van der Waals surface area contributed by atoms with Gasteiger partial charge in [-0.3, -0.25) is 14.9 Å². The number of rotatable bonds is 4. The third kappa shape index (κ3) is 3.23. The molecule has 1 aromatic rings. The van der Waals surface area contributed by atoms with E-state index < -0.39 is 22.6 Å². The van der Waals surface area contributed by atoms with Crippen molar-refractivity contribution in [3.63, 3.8) is 0 Å². The number of carbonyl (C=O) groups is 1. The van der Waals surface area contributed by atoms with Gasteiger partial charge in [0, 0.05) is 12.1 Å². The smallest absolute Gasteiger partial charge is 0.306 e. The van der Waals surface area contributed by atoms with E-state index in [1.807, 2.05) is 0 Å². The summed E-state index contributed by atoms with van der Waals surface area (Å²) in [5.74, 6) is -1.94. The monoisotopic (exact) mass is 282 g/mol. The number of nitro benzene ring substituents is 1. The number of hydrogen-bond acceptors (Lipinski definition) is 4. The zero-order valence-electron chi connectivity index (χ0n) is 10.7. The average molecular weight is 282 g/mol. The molecule has 0 bridgehead atoms. The fourth-order valence-corrected chi connectivity index (χ4v) is 2.50. The lowest BCUT2D eigenvalue weighted by Crippen LogP contribution is -2.31. The lowest BCUT2D eigenvalue weighted by atomic mass is 9.85. The first kappa shape index (κ1) is 14.2. The maximum atomic E-state index is 13.7. The predicted molar refractivity (Wildman–Crippen MR) is 70.1 cm³/mol. The van der Waals surface area contributed by atoms with Crippen LogP contribution in [0.4, 0.5) is 15.8 Å². The molecule has 0 radical (unpaired) electrons. The molecule has 1 aliphatic rings. The molecule has 7 heteroatoms. The Hall–Kier alpha value is -2.18. The van der Waals surface area contributed by atoms with Gasteiger partial charge in [-0.05, 0) is 25.3 Å². The summed E-state index contributed by atoms with van der Waals surface area (Å²) in [6, 6.07) is 3.28. The Morgan fingerprint density at radius 2 is 2.20 bits per heavy atom. The number of non-ortho nitro benzene ring substituents is 1. The number of nitro groups is 1. The van der Waals surface area contributed by atoms with Gasteiger partial charge in [0.2, 0.25) is 0 Å². The van der Waals surface area contributed by atoms with E-state index in [1.54, 1.807) is 0 Å². The van der Waals surface area contributed by atoms with Crippen molar-refractivity contribution in [1.29, 1.82) is 0 Å². The third-order valence-electron chi connectivity index (χ3n) is 3.55. The number of nitrogens with zero attached hydrogens (tertiary/aromatic N) is 1. The van der Waals surface area contributed by atoms with Crippen LogP contribution in [-0.4, -0.2) is 22.0 Å². The summed E-state index contributed by atoms with van der Waals surface area (Å²) in [5.41, 5.74) is -0.133. The SMILES string of the molecule is O=C(O)C1CCCC(Nc2ccc([N+](=O)[O-])cc2F)C1. The van der Waals surface area contributed by atoms with Crippen molar-refractivity contribution < 1.29 is 19.2 Å². The quantitative estimate of drug-likeness (QED) is 0.654. The van der Waals surface area contributed by atoms with Crippen molar-refractivity contribution in [2.24, 2.45) is 5.92 Å². The molecule has 1 fully saturated rings. The second-order valence-electron chi connectivity index (χ2n) is 4.96. The first-order chi connectivity index (χ1) is 9.47. The summed E-state index contributed by atoms with van der Waals surface area (Å²) < 4.78 is 13.7. The molecule has 0 amide bonds. The summed E-state index contributed by atoms with van der Waals surface area (Å²) in [5, 5.41) is 22.5. The van der Waals surface area contributed by atoms with Crippen LogP contribution in [-0.2, 0) is 4.79 Å². The van der Waals surface area contributed by atoms with Crippen molar-refractivity contribution in [3.8, 4) is 0 Å². The van der Waals surface area contributed by atoms with Crippen LogP contribution in [0.2, 0.25) is 0 Å². The number of nitrogens with one attached hydrogen (secondary N) is 1. The van der Waals surface area contributed by atoms with Crippen molar-refractivity contribution in [2.75, 3.05) is 5.32 Å². The van der Waals surface area contributed by atoms with Crippen molar-refractivity contribution in [3.05, 3.63) is 34.1 Å². The summed E-state index contributed by atoms with van der Waals surface area (Å²) in [6.45, 7) is 0. The molecule has 2 N–H and O–H groups in total. The fourth-order valence-electron chi connectivity index (χ4n) is 2.50. The van der Waals surface area contributed by atoms with E-state index >= 15 is 0 Å². The van der Waals surface area contributed by atoms with E-state index in [0.717, 1.165) is 18.9 Å². The molecule has 0 aromatic heterocycles. The number of hydrogen-bond donors (Lipinski definition) is 2. The van der Waals surface area contributed by atoms with Gasteiger partial charge in [0.05, 0.1) is 22.6 Å². The molecule has 2 atom stereocenters. The second-order valence-corrected chi connectivity index (χ2v) is 4.96. The third-order valence-corrected chi connectivity index (χ3v) is 3.55. The predicted octanol–water partition coefficient (Wildman–Crippen LogP) is 2.79. The molecular weight excluding hydrogens is 267 g/mol. The van der Waals surface area contributed by atoms with Crippen LogP contribution in [0.5, 0.6) is 0 Å². The zero-order valence-corrected chi connectivity index (χ0v) is 10.7. The molecule has 2 rings (SSSR count). The second kappa shape index (κ2) is 5.85. The normalized spacial score (nSPS) is 22.2. The molecule has 1 saturated carbocycles. The van der Waals surface area contributed by atoms with Gasteiger partial charge in [0.15, 0.2) is 5.82 Å². The molecule has 0 spiro atoms. The largest absolute Gasteiger partial charge is 0.481 e. The van der Waals surface area contributed by atoms with E-state index in [0.29, 0.717) is 12.8 Å². The molecule has 0 saturated heterocycles. The first-order valence-electron chi connectivity index (χ1n) is 6.40. The van der Waals surface area contributed by atoms with Crippen molar-refractivity contribution >= 4 is 17.3 Å². The van der Waals surface area contributed by atoms with Gasteiger partial charge in [0.1, 0.15) is 0 Å². The highest BCUT2D eigenvalue weighted by Gasteiger charge is 2.27. The molecule has 108 valence electrons. The topological polar surface area (TPSA) is 92.5 Å². The average Bonchev–Trinajstić information content (AvgIpc) is 2.41. The van der Waals surface area contributed by atoms with Crippen LogP contribution in [0.25, 0.3) is 0 Å². The van der Waals surface area contributed by atoms with Crippen molar-refractivity contribution in [2.45, 2.75) is 31.7 Å². The van der Waals surface area contributed by atoms with Gasteiger partial charge in [-0.25, -0.2) is 4.39 Å². The Morgan fingerprint density at radius 1 is 1.45 bits per heavy atom. The Labute approximate surface area is 114 Å². The number of carboxylic acids is 1. The van der Waals surface area contributed by atoms with Crippen molar-refractivity contribution in [1.82, 2.24) is 0 Å². The molecule has 6 nitrogen and oxygen atoms in total. The minimum absolute atomic E-state index is 0.124. The molecule has 2 unspecified atom stereocenters. The number of halogens is 1. The standard InChI is InChI=1S/C13H15FN2O4/c14-11-7-10(16(19)20)4-5-12(11)15-9-3-1-2-8(6-9)13(17)18/h4-5,7-9,15H,1-3,6H2,(H,17,18). The highest BCUT2D eigenvalue weighted by atomic mass is 19.1. The zero-order chi connectivity index (χ0) is 14.7. The van der Waals surface area contributed by atoms with Crippen LogP contribution in [0.15, 0.2) is 18.2 Å². The molecule has 0 heterocycles. The Morgan fingerprint density at radius 3 is 2.80 bits per heavy atom. The minimum Gasteiger partial charge on any atom is -0.481 e. The summed E-state index contributed by atoms with van der Waals surface area (Å²) in [6.07, 6.45) is 2.60. The van der Waals surface area contributed by atoms with Crippen LogP contribution in [0, 0.1) is 21.8 Å². The molecule has 1 aromatic carbocycles. The van der Waals surface area contributed by atoms with Gasteiger partial charge in [-0.15, -0.1) is 0 Å². The number of aliphatic carboxylic acids is 1. The molecule has 1 aliphatic carbocycles. The lowest BCUT2D eigenvalue weighted by molar-refractivity contribution is -0.385. The summed E-state index contributed by atoms with van der Waals surface area (Å²) >= 11 is 0. The van der Waals surface area contributed by atoms with E-state index in [9.17, 15) is 19.3 Å². The maximum absolute atomic E-state index is 13.7. The van der Waals surface area contributed by atoms with E-state index in [1.165, 1.54) is 12.1 Å². The molecule has 0 aliphatic heterocycles. The van der Waals surface area contributed by atoms with Crippen LogP contribution >= 0.6 is 0 Å². The van der Waals surface area contributed by atoms with Gasteiger partial charge in [0.25, 0.3) is 5.69 Å². The summed E-state index contributed by atoms with van der Waals surface area (Å²) in [7, 11) is 0. The van der Waals surface area contributed by atoms with E-state index in [4.69, 9.17) is 5.11 Å². The van der Waals surface area contributed by atoms with Crippen LogP contribution in [0.1, 0.15) is 25.7 Å². The van der Waals surface area contributed by atoms with Gasteiger partial charge >= 0.3 is 5.97 Å². The van der Waals surface area contributed by atoms with Crippen LogP contribution < -0.4 is 5.32 Å².